The zero-order valence-corrected chi connectivity index (χ0v) is 14.1. The van der Waals surface area contributed by atoms with Crippen LogP contribution >= 0.6 is 0 Å². The van der Waals surface area contributed by atoms with Gasteiger partial charge in [-0.05, 0) is 35.4 Å². The molecule has 0 unspecified atom stereocenters. The molecule has 2 nitrogen and oxygen atoms in total. The van der Waals surface area contributed by atoms with Crippen LogP contribution in [-0.4, -0.2) is 9.97 Å². The third-order valence-electron chi connectivity index (χ3n) is 5.33. The maximum atomic E-state index is 3.62. The monoisotopic (exact) mass is 332 g/mol. The smallest absolute Gasteiger partial charge is 0.0472 e. The highest BCUT2D eigenvalue weighted by molar-refractivity contribution is 6.20. The number of hydrogen-bond acceptors (Lipinski definition) is 0. The number of rotatable bonds is 1. The summed E-state index contributed by atoms with van der Waals surface area (Å²) in [6.45, 7) is 0. The van der Waals surface area contributed by atoms with Crippen LogP contribution in [0.25, 0.3) is 54.7 Å². The van der Waals surface area contributed by atoms with Gasteiger partial charge < -0.3 is 9.97 Å². The third-order valence-corrected chi connectivity index (χ3v) is 5.33. The van der Waals surface area contributed by atoms with Gasteiger partial charge in [-0.25, -0.2) is 0 Å². The van der Waals surface area contributed by atoms with E-state index in [-0.39, 0.29) is 0 Å². The second-order valence-electron chi connectivity index (χ2n) is 6.83. The van der Waals surface area contributed by atoms with E-state index in [1.165, 1.54) is 54.7 Å². The summed E-state index contributed by atoms with van der Waals surface area (Å²) in [5.74, 6) is 0. The molecule has 0 aliphatic carbocycles. The van der Waals surface area contributed by atoms with Crippen molar-refractivity contribution in [2.24, 2.45) is 0 Å². The molecule has 2 aromatic heterocycles. The first-order chi connectivity index (χ1) is 12.9. The van der Waals surface area contributed by atoms with Gasteiger partial charge in [-0.2, -0.15) is 0 Å². The molecule has 0 saturated heterocycles. The predicted molar refractivity (Wildman–Crippen MR) is 111 cm³/mol. The summed E-state index contributed by atoms with van der Waals surface area (Å²) < 4.78 is 0. The van der Waals surface area contributed by atoms with Gasteiger partial charge in [0, 0.05) is 43.6 Å². The van der Waals surface area contributed by atoms with Crippen molar-refractivity contribution in [3.63, 3.8) is 0 Å². The standard InChI is InChI=1S/C24H16N2/c1-2-7-15(8-3-1)16-10-6-12-21-24(16)19-14-22-18(13-23(19)26-21)17-9-4-5-11-20(17)25-22/h1-14,25-26H. The Morgan fingerprint density at radius 1 is 0.462 bits per heavy atom. The number of nitrogens with one attached hydrogen (secondary N) is 2. The van der Waals surface area contributed by atoms with Gasteiger partial charge in [0.2, 0.25) is 0 Å². The van der Waals surface area contributed by atoms with Crippen LogP contribution in [0, 0.1) is 0 Å². The zero-order valence-electron chi connectivity index (χ0n) is 14.1. The van der Waals surface area contributed by atoms with E-state index < -0.39 is 0 Å². The molecule has 0 bridgehead atoms. The summed E-state index contributed by atoms with van der Waals surface area (Å²) in [7, 11) is 0. The molecule has 0 radical (unpaired) electrons. The van der Waals surface area contributed by atoms with Crippen LogP contribution < -0.4 is 0 Å². The van der Waals surface area contributed by atoms with Crippen molar-refractivity contribution in [3.05, 3.63) is 84.9 Å². The average Bonchev–Trinajstić information content (AvgIpc) is 3.24. The summed E-state index contributed by atoms with van der Waals surface area (Å²) >= 11 is 0. The second-order valence-corrected chi connectivity index (χ2v) is 6.83. The van der Waals surface area contributed by atoms with E-state index in [1.54, 1.807) is 0 Å². The number of fused-ring (bicyclic) bond motifs is 6. The average molecular weight is 332 g/mol. The Balaban J connectivity index is 1.77. The van der Waals surface area contributed by atoms with E-state index in [1.807, 2.05) is 0 Å². The molecular weight excluding hydrogens is 316 g/mol. The minimum Gasteiger partial charge on any atom is -0.354 e. The molecule has 26 heavy (non-hydrogen) atoms. The molecule has 4 aromatic carbocycles. The number of H-pyrrole nitrogens is 2. The molecule has 0 aliphatic heterocycles. The van der Waals surface area contributed by atoms with Crippen LogP contribution in [0.2, 0.25) is 0 Å². The van der Waals surface area contributed by atoms with Crippen molar-refractivity contribution in [3.8, 4) is 11.1 Å². The lowest BCUT2D eigenvalue weighted by Crippen LogP contribution is -1.79. The molecule has 0 spiro atoms. The van der Waals surface area contributed by atoms with Gasteiger partial charge in [-0.3, -0.25) is 0 Å². The number of hydrogen-bond donors (Lipinski definition) is 2. The van der Waals surface area contributed by atoms with E-state index in [4.69, 9.17) is 0 Å². The molecule has 0 atom stereocenters. The zero-order chi connectivity index (χ0) is 17.1. The van der Waals surface area contributed by atoms with Crippen molar-refractivity contribution < 1.29 is 0 Å². The van der Waals surface area contributed by atoms with Gasteiger partial charge in [0.1, 0.15) is 0 Å². The maximum absolute atomic E-state index is 3.62. The van der Waals surface area contributed by atoms with Crippen molar-refractivity contribution in [1.29, 1.82) is 0 Å². The summed E-state index contributed by atoms with van der Waals surface area (Å²) in [6.07, 6.45) is 0. The highest BCUT2D eigenvalue weighted by Gasteiger charge is 2.13. The second kappa shape index (κ2) is 4.99. The first kappa shape index (κ1) is 13.7. The predicted octanol–water partition coefficient (Wildman–Crippen LogP) is 6.62. The highest BCUT2D eigenvalue weighted by atomic mass is 14.7. The molecule has 2 heterocycles. The summed E-state index contributed by atoms with van der Waals surface area (Å²) in [6, 6.07) is 30.2. The fourth-order valence-corrected chi connectivity index (χ4v) is 4.16. The SMILES string of the molecule is c1ccc(-c2cccc3[nH]c4cc5c(cc4c23)[nH]c2ccccc25)cc1. The number of aromatic nitrogens is 2. The van der Waals surface area contributed by atoms with Crippen molar-refractivity contribution in [2.75, 3.05) is 0 Å². The minimum atomic E-state index is 1.18. The molecule has 122 valence electrons. The summed E-state index contributed by atoms with van der Waals surface area (Å²) in [4.78, 5) is 7.19. The Labute approximate surface area is 150 Å². The van der Waals surface area contributed by atoms with E-state index >= 15 is 0 Å². The quantitative estimate of drug-likeness (QED) is 0.339. The fourth-order valence-electron chi connectivity index (χ4n) is 4.16. The maximum Gasteiger partial charge on any atom is 0.0472 e. The van der Waals surface area contributed by atoms with Gasteiger partial charge in [0.05, 0.1) is 0 Å². The normalized spacial score (nSPS) is 11.8. The lowest BCUT2D eigenvalue weighted by atomic mass is 9.99. The number of para-hydroxylation sites is 1. The highest BCUT2D eigenvalue weighted by Crippen LogP contribution is 2.37. The van der Waals surface area contributed by atoms with Gasteiger partial charge in [0.15, 0.2) is 0 Å². The van der Waals surface area contributed by atoms with Crippen LogP contribution in [0.1, 0.15) is 0 Å². The Morgan fingerprint density at radius 3 is 2.08 bits per heavy atom. The van der Waals surface area contributed by atoms with Gasteiger partial charge in [0.25, 0.3) is 0 Å². The van der Waals surface area contributed by atoms with E-state index in [9.17, 15) is 0 Å². The largest absolute Gasteiger partial charge is 0.354 e. The lowest BCUT2D eigenvalue weighted by Gasteiger charge is -2.04. The number of benzene rings is 4. The van der Waals surface area contributed by atoms with Crippen molar-refractivity contribution in [2.45, 2.75) is 0 Å². The van der Waals surface area contributed by atoms with Crippen LogP contribution in [0.3, 0.4) is 0 Å². The number of aromatic amines is 2. The Bertz CT molecular complexity index is 1420. The van der Waals surface area contributed by atoms with Crippen LogP contribution in [-0.2, 0) is 0 Å². The van der Waals surface area contributed by atoms with Gasteiger partial charge in [-0.1, -0.05) is 60.7 Å². The van der Waals surface area contributed by atoms with E-state index in [0.29, 0.717) is 0 Å². The minimum absolute atomic E-state index is 1.18. The van der Waals surface area contributed by atoms with Crippen molar-refractivity contribution >= 4 is 43.6 Å². The Morgan fingerprint density at radius 2 is 1.15 bits per heavy atom. The van der Waals surface area contributed by atoms with Crippen LogP contribution in [0.5, 0.6) is 0 Å². The van der Waals surface area contributed by atoms with Crippen LogP contribution in [0.4, 0.5) is 0 Å². The van der Waals surface area contributed by atoms with Gasteiger partial charge >= 0.3 is 0 Å². The van der Waals surface area contributed by atoms with Gasteiger partial charge in [-0.15, -0.1) is 0 Å². The molecule has 0 aliphatic rings. The molecule has 0 fully saturated rings. The molecule has 6 rings (SSSR count). The van der Waals surface area contributed by atoms with Crippen molar-refractivity contribution in [1.82, 2.24) is 9.97 Å². The Hall–Kier alpha value is -3.52. The molecule has 2 N–H and O–H groups in total. The van der Waals surface area contributed by atoms with E-state index in [0.717, 1.165) is 0 Å². The third kappa shape index (κ3) is 1.81. The lowest BCUT2D eigenvalue weighted by molar-refractivity contribution is 1.54. The van der Waals surface area contributed by atoms with Crippen LogP contribution in [0.15, 0.2) is 84.9 Å². The van der Waals surface area contributed by atoms with E-state index in [2.05, 4.69) is 94.9 Å². The molecule has 0 amide bonds. The first-order valence-electron chi connectivity index (χ1n) is 8.89. The topological polar surface area (TPSA) is 31.6 Å². The molecule has 0 saturated carbocycles. The fraction of sp³-hybridized carbons (Fsp3) is 0. The summed E-state index contributed by atoms with van der Waals surface area (Å²) in [5.41, 5.74) is 7.24. The first-order valence-corrected chi connectivity index (χ1v) is 8.89. The Kier molecular flexibility index (Phi) is 2.64. The molecular formula is C24H16N2. The summed E-state index contributed by atoms with van der Waals surface area (Å²) in [5, 5.41) is 5.08. The molecule has 6 aromatic rings. The molecule has 2 heteroatoms.